The zero-order valence-electron chi connectivity index (χ0n) is 34.6. The maximum Gasteiger partial charge on any atom is 0.472 e. The fraction of sp³-hybridized carbons (Fsp3) is 0.622. The number of nitrogens with two attached hydrogens (primary N) is 1. The molecule has 0 radical (unpaired) electrons. The van der Waals surface area contributed by atoms with Gasteiger partial charge in [0, 0.05) is 25.3 Å². The Bertz CT molecular complexity index is 1350. The molecule has 1 rings (SSSR count). The molecule has 1 aliphatic carbocycles. The van der Waals surface area contributed by atoms with E-state index in [9.17, 15) is 28.9 Å². The number of esters is 2. The Labute approximate surface area is 342 Å². The topological polar surface area (TPSA) is 172 Å². The molecular formula is C45H72NO10P. The Morgan fingerprint density at radius 1 is 0.789 bits per heavy atom. The highest BCUT2D eigenvalue weighted by Gasteiger charge is 2.27. The number of aliphatic hydroxyl groups excluding tert-OH is 1. The molecule has 4 N–H and O–H groups in total. The highest BCUT2D eigenvalue weighted by atomic mass is 31.2. The van der Waals surface area contributed by atoms with Gasteiger partial charge in [-0.2, -0.15) is 0 Å². The van der Waals surface area contributed by atoms with Crippen molar-refractivity contribution in [3.05, 3.63) is 85.1 Å². The molecule has 0 spiro atoms. The lowest BCUT2D eigenvalue weighted by Crippen LogP contribution is -2.29. The molecule has 12 heteroatoms. The number of hydrogen-bond acceptors (Lipinski definition) is 10. The smallest absolute Gasteiger partial charge is 0.462 e. The molecule has 5 atom stereocenters. The van der Waals surface area contributed by atoms with Gasteiger partial charge in [-0.05, 0) is 82.6 Å². The van der Waals surface area contributed by atoms with Crippen molar-refractivity contribution in [2.45, 2.75) is 142 Å². The second-order valence-corrected chi connectivity index (χ2v) is 15.6. The summed E-state index contributed by atoms with van der Waals surface area (Å²) in [6.07, 6.45) is 41.1. The van der Waals surface area contributed by atoms with E-state index in [1.165, 1.54) is 19.3 Å². The number of carbonyl (C=O) groups is 3. The van der Waals surface area contributed by atoms with Crippen molar-refractivity contribution in [1.82, 2.24) is 0 Å². The van der Waals surface area contributed by atoms with Gasteiger partial charge in [0.05, 0.1) is 19.3 Å². The van der Waals surface area contributed by atoms with Crippen molar-refractivity contribution in [3.8, 4) is 0 Å². The minimum atomic E-state index is -4.45. The zero-order chi connectivity index (χ0) is 41.8. The molecule has 1 aliphatic rings. The van der Waals surface area contributed by atoms with Crippen LogP contribution in [0.1, 0.15) is 129 Å². The lowest BCUT2D eigenvalue weighted by atomic mass is 9.90. The van der Waals surface area contributed by atoms with E-state index in [1.54, 1.807) is 12.2 Å². The average Bonchev–Trinajstić information content (AvgIpc) is 3.54. The predicted molar refractivity (Wildman–Crippen MR) is 228 cm³/mol. The van der Waals surface area contributed by atoms with E-state index in [-0.39, 0.29) is 50.2 Å². The molecule has 0 fully saturated rings. The van der Waals surface area contributed by atoms with E-state index >= 15 is 0 Å². The van der Waals surface area contributed by atoms with Crippen molar-refractivity contribution >= 4 is 25.5 Å². The zero-order valence-corrected chi connectivity index (χ0v) is 35.5. The first-order valence-electron chi connectivity index (χ1n) is 21.1. The van der Waals surface area contributed by atoms with Crippen molar-refractivity contribution < 1.29 is 47.5 Å². The molecular weight excluding hydrogens is 745 g/mol. The fourth-order valence-corrected chi connectivity index (χ4v) is 6.50. The summed E-state index contributed by atoms with van der Waals surface area (Å²) < 4.78 is 32.7. The highest BCUT2D eigenvalue weighted by Crippen LogP contribution is 2.43. The van der Waals surface area contributed by atoms with Crippen LogP contribution in [0.5, 0.6) is 0 Å². The summed E-state index contributed by atoms with van der Waals surface area (Å²) in [6, 6.07) is 0. The molecule has 57 heavy (non-hydrogen) atoms. The van der Waals surface area contributed by atoms with Crippen LogP contribution in [0.15, 0.2) is 85.1 Å². The van der Waals surface area contributed by atoms with Crippen molar-refractivity contribution in [2.75, 3.05) is 26.4 Å². The van der Waals surface area contributed by atoms with Crippen LogP contribution in [0, 0.1) is 11.8 Å². The lowest BCUT2D eigenvalue weighted by Gasteiger charge is -2.19. The van der Waals surface area contributed by atoms with Gasteiger partial charge >= 0.3 is 19.8 Å². The number of hydrogen-bond donors (Lipinski definition) is 3. The highest BCUT2D eigenvalue weighted by molar-refractivity contribution is 7.47. The number of phosphoric ester groups is 1. The molecule has 0 aliphatic heterocycles. The van der Waals surface area contributed by atoms with Gasteiger partial charge in [0.1, 0.15) is 6.61 Å². The summed E-state index contributed by atoms with van der Waals surface area (Å²) in [5.41, 5.74) is 5.34. The van der Waals surface area contributed by atoms with E-state index in [2.05, 4.69) is 56.4 Å². The van der Waals surface area contributed by atoms with Crippen LogP contribution in [0.3, 0.4) is 0 Å². The summed E-state index contributed by atoms with van der Waals surface area (Å²) in [5, 5.41) is 10.2. The maximum atomic E-state index is 12.7. The Hall–Kier alpha value is -3.18. The second-order valence-electron chi connectivity index (χ2n) is 14.2. The third kappa shape index (κ3) is 29.7. The molecule has 0 saturated carbocycles. The molecule has 0 aromatic heterocycles. The van der Waals surface area contributed by atoms with Gasteiger partial charge in [0.25, 0.3) is 0 Å². The van der Waals surface area contributed by atoms with Crippen LogP contribution in [0.25, 0.3) is 0 Å². The van der Waals surface area contributed by atoms with Gasteiger partial charge < -0.3 is 25.2 Å². The van der Waals surface area contributed by atoms with Crippen molar-refractivity contribution in [2.24, 2.45) is 17.6 Å². The number of carbonyl (C=O) groups excluding carboxylic acids is 3. The van der Waals surface area contributed by atoms with E-state index in [4.69, 9.17) is 24.3 Å². The second kappa shape index (κ2) is 34.8. The van der Waals surface area contributed by atoms with Crippen molar-refractivity contribution in [1.29, 1.82) is 0 Å². The van der Waals surface area contributed by atoms with Crippen LogP contribution >= 0.6 is 7.82 Å². The number of ether oxygens (including phenoxy) is 2. The van der Waals surface area contributed by atoms with Gasteiger partial charge in [-0.1, -0.05) is 125 Å². The quantitative estimate of drug-likeness (QED) is 0.0241. The monoisotopic (exact) mass is 817 g/mol. The Balaban J connectivity index is 2.43. The van der Waals surface area contributed by atoms with Gasteiger partial charge in [-0.3, -0.25) is 23.4 Å². The third-order valence-corrected chi connectivity index (χ3v) is 9.99. The molecule has 0 aromatic rings. The van der Waals surface area contributed by atoms with Crippen LogP contribution in [-0.2, 0) is 37.5 Å². The number of aliphatic hydroxyl groups is 1. The fourth-order valence-electron chi connectivity index (χ4n) is 5.73. The Morgan fingerprint density at radius 3 is 2.00 bits per heavy atom. The van der Waals surface area contributed by atoms with Crippen LogP contribution in [0.2, 0.25) is 0 Å². The molecule has 0 heterocycles. The van der Waals surface area contributed by atoms with Gasteiger partial charge in [-0.25, -0.2) is 4.57 Å². The molecule has 0 saturated heterocycles. The first kappa shape index (κ1) is 51.8. The summed E-state index contributed by atoms with van der Waals surface area (Å²) in [7, 11) is -4.45. The van der Waals surface area contributed by atoms with Crippen LogP contribution in [-0.4, -0.2) is 66.3 Å². The molecule has 322 valence electrons. The largest absolute Gasteiger partial charge is 0.472 e. The number of phosphoric acid groups is 1. The minimum Gasteiger partial charge on any atom is -0.462 e. The van der Waals surface area contributed by atoms with Crippen LogP contribution < -0.4 is 5.73 Å². The summed E-state index contributed by atoms with van der Waals surface area (Å²) >= 11 is 0. The first-order valence-corrected chi connectivity index (χ1v) is 22.6. The Morgan fingerprint density at radius 2 is 1.37 bits per heavy atom. The number of rotatable bonds is 35. The lowest BCUT2D eigenvalue weighted by molar-refractivity contribution is -0.161. The maximum absolute atomic E-state index is 12.7. The minimum absolute atomic E-state index is 0.00980. The van der Waals surface area contributed by atoms with E-state index < -0.39 is 38.6 Å². The average molecular weight is 818 g/mol. The summed E-state index contributed by atoms with van der Waals surface area (Å²) in [4.78, 5) is 47.3. The van der Waals surface area contributed by atoms with E-state index in [0.29, 0.717) is 38.5 Å². The standard InChI is InChI=1S/C45H72NO10P/c1-3-5-7-8-9-10-11-12-13-14-15-16-17-18-19-20-25-29-44(49)53-37-41(38-55-57(51,52)54-36-35-46)56-45(50)30-26-22-21-24-27-39-31-34-43(48)42(39)33-32-40(47)28-23-6-4-2/h9-10,12-13,15-16,18-19,21,24,31-34,39-42,47H,3-8,11,14,17,20,22-23,25-30,35-38,46H2,1-2H3,(H,51,52)/b10-9-,13-12-,16-15-,19-18-,24-21-,33-32+/t39-,40-,41+,42+/m0/s1. The molecule has 11 nitrogen and oxygen atoms in total. The Kier molecular flexibility index (Phi) is 31.7. The van der Waals surface area contributed by atoms with E-state index in [1.807, 2.05) is 30.4 Å². The van der Waals surface area contributed by atoms with Gasteiger partial charge in [0.2, 0.25) is 0 Å². The molecule has 1 unspecified atom stereocenters. The van der Waals surface area contributed by atoms with Crippen molar-refractivity contribution in [3.63, 3.8) is 0 Å². The number of ketones is 1. The molecule has 0 bridgehead atoms. The SMILES string of the molecule is CCCCC/C=C\C/C=C\C/C=C\C/C=C\CCCC(=O)OC[C@H](COP(=O)(O)OCCN)OC(=O)CCC/C=C\C[C@H]1C=CC(=O)[C@@H]1/C=C/[C@@H](O)CCCCC. The number of allylic oxidation sites excluding steroid dienone is 13. The van der Waals surface area contributed by atoms with Gasteiger partial charge in [-0.15, -0.1) is 0 Å². The summed E-state index contributed by atoms with van der Waals surface area (Å²) in [5.74, 6) is -1.31. The normalized spacial score (nSPS) is 18.3. The van der Waals surface area contributed by atoms with Crippen LogP contribution in [0.4, 0.5) is 0 Å². The van der Waals surface area contributed by atoms with Gasteiger partial charge in [0.15, 0.2) is 11.9 Å². The third-order valence-electron chi connectivity index (χ3n) is 9.00. The summed E-state index contributed by atoms with van der Waals surface area (Å²) in [6.45, 7) is 3.28. The number of unbranched alkanes of at least 4 members (excludes halogenated alkanes) is 7. The molecule has 0 amide bonds. The first-order chi connectivity index (χ1) is 27.6. The van der Waals surface area contributed by atoms with E-state index in [0.717, 1.165) is 44.9 Å². The predicted octanol–water partition coefficient (Wildman–Crippen LogP) is 9.66. The molecule has 0 aromatic carbocycles.